The first-order valence-electron chi connectivity index (χ1n) is 10.1. The van der Waals surface area contributed by atoms with Gasteiger partial charge >= 0.3 is 12.1 Å². The van der Waals surface area contributed by atoms with E-state index < -0.39 is 30.1 Å². The standard InChI is InChI=1S/C23H26N2O6/c1-3-19(21(26)24-12-20(30-2)22(27)28)25-23(29)31-13-18-16-10-6-4-8-14(16)15-9-5-7-11-17(15)18/h4-11,18-20H,3,12-13H2,1-2H3,(H,24,26)(H,25,29)(H,27,28)/t19-,20?/m1/s1. The second-order valence-electron chi connectivity index (χ2n) is 7.24. The number of methoxy groups -OCH3 is 1. The van der Waals surface area contributed by atoms with Crippen LogP contribution in [0.4, 0.5) is 4.79 Å². The monoisotopic (exact) mass is 426 g/mol. The average molecular weight is 426 g/mol. The summed E-state index contributed by atoms with van der Waals surface area (Å²) in [6, 6.07) is 15.2. The molecule has 2 aromatic rings. The number of aliphatic carboxylic acids is 1. The van der Waals surface area contributed by atoms with E-state index in [1.54, 1.807) is 6.92 Å². The summed E-state index contributed by atoms with van der Waals surface area (Å²) in [5, 5.41) is 14.0. The van der Waals surface area contributed by atoms with E-state index in [4.69, 9.17) is 14.6 Å². The highest BCUT2D eigenvalue weighted by molar-refractivity contribution is 5.86. The summed E-state index contributed by atoms with van der Waals surface area (Å²) in [5.74, 6) is -1.76. The average Bonchev–Trinajstić information content (AvgIpc) is 3.10. The lowest BCUT2D eigenvalue weighted by Crippen LogP contribution is -2.49. The lowest BCUT2D eigenvalue weighted by atomic mass is 9.98. The molecule has 2 atom stereocenters. The molecule has 0 saturated carbocycles. The number of carboxylic acid groups (broad SMARTS) is 1. The summed E-state index contributed by atoms with van der Waals surface area (Å²) in [4.78, 5) is 35.7. The van der Waals surface area contributed by atoms with Gasteiger partial charge in [0.1, 0.15) is 12.6 Å². The van der Waals surface area contributed by atoms with E-state index in [-0.39, 0.29) is 19.1 Å². The smallest absolute Gasteiger partial charge is 0.407 e. The number of fused-ring (bicyclic) bond motifs is 3. The number of alkyl carbamates (subject to hydrolysis) is 1. The molecule has 31 heavy (non-hydrogen) atoms. The fourth-order valence-corrected chi connectivity index (χ4v) is 3.72. The van der Waals surface area contributed by atoms with Gasteiger partial charge in [0, 0.05) is 13.0 Å². The second kappa shape index (κ2) is 10.1. The Balaban J connectivity index is 1.58. The Labute approximate surface area is 180 Å². The first-order valence-corrected chi connectivity index (χ1v) is 10.1. The maximum atomic E-state index is 12.4. The predicted octanol–water partition coefficient (Wildman–Crippen LogP) is 2.52. The van der Waals surface area contributed by atoms with Gasteiger partial charge in [-0.3, -0.25) is 4.79 Å². The molecule has 0 radical (unpaired) electrons. The number of ether oxygens (including phenoxy) is 2. The molecule has 0 saturated heterocycles. The number of benzene rings is 2. The van der Waals surface area contributed by atoms with Crippen molar-refractivity contribution in [1.29, 1.82) is 0 Å². The normalized spacial score (nSPS) is 14.1. The van der Waals surface area contributed by atoms with Crippen LogP contribution in [0.15, 0.2) is 48.5 Å². The van der Waals surface area contributed by atoms with Gasteiger partial charge in [-0.15, -0.1) is 0 Å². The van der Waals surface area contributed by atoms with Crippen LogP contribution in [0.1, 0.15) is 30.4 Å². The van der Waals surface area contributed by atoms with Crippen LogP contribution in [-0.4, -0.2) is 55.5 Å². The van der Waals surface area contributed by atoms with Gasteiger partial charge < -0.3 is 25.2 Å². The van der Waals surface area contributed by atoms with Gasteiger partial charge in [0.05, 0.1) is 6.54 Å². The van der Waals surface area contributed by atoms with Crippen molar-refractivity contribution in [2.24, 2.45) is 0 Å². The van der Waals surface area contributed by atoms with Crippen LogP contribution in [0.5, 0.6) is 0 Å². The molecule has 8 heteroatoms. The van der Waals surface area contributed by atoms with Crippen molar-refractivity contribution >= 4 is 18.0 Å². The Morgan fingerprint density at radius 3 is 2.13 bits per heavy atom. The number of rotatable bonds is 9. The first kappa shape index (κ1) is 22.3. The molecule has 1 aliphatic carbocycles. The van der Waals surface area contributed by atoms with Gasteiger partial charge in [0.15, 0.2) is 6.10 Å². The van der Waals surface area contributed by atoms with Crippen molar-refractivity contribution in [3.8, 4) is 11.1 Å². The van der Waals surface area contributed by atoms with Crippen LogP contribution in [0.25, 0.3) is 11.1 Å². The van der Waals surface area contributed by atoms with E-state index in [0.717, 1.165) is 22.3 Å². The van der Waals surface area contributed by atoms with Crippen LogP contribution in [0, 0.1) is 0 Å². The number of carbonyl (C=O) groups is 3. The van der Waals surface area contributed by atoms with Gasteiger partial charge in [-0.25, -0.2) is 9.59 Å². The Kier molecular flexibility index (Phi) is 7.25. The molecule has 8 nitrogen and oxygen atoms in total. The zero-order valence-electron chi connectivity index (χ0n) is 17.5. The van der Waals surface area contributed by atoms with Crippen molar-refractivity contribution in [1.82, 2.24) is 10.6 Å². The lowest BCUT2D eigenvalue weighted by Gasteiger charge is -2.19. The molecule has 0 spiro atoms. The maximum absolute atomic E-state index is 12.4. The van der Waals surface area contributed by atoms with Crippen molar-refractivity contribution in [3.05, 3.63) is 59.7 Å². The summed E-state index contributed by atoms with van der Waals surface area (Å²) in [6.45, 7) is 1.68. The van der Waals surface area contributed by atoms with E-state index in [1.807, 2.05) is 36.4 Å². The summed E-state index contributed by atoms with van der Waals surface area (Å²) < 4.78 is 10.2. The van der Waals surface area contributed by atoms with Crippen molar-refractivity contribution < 1.29 is 29.0 Å². The molecule has 3 N–H and O–H groups in total. The second-order valence-corrected chi connectivity index (χ2v) is 7.24. The summed E-state index contributed by atoms with van der Waals surface area (Å²) in [6.07, 6.45) is -1.54. The molecular weight excluding hydrogens is 400 g/mol. The van der Waals surface area contributed by atoms with E-state index in [1.165, 1.54) is 7.11 Å². The van der Waals surface area contributed by atoms with Crippen LogP contribution in [-0.2, 0) is 19.1 Å². The Morgan fingerprint density at radius 2 is 1.61 bits per heavy atom. The summed E-state index contributed by atoms with van der Waals surface area (Å²) in [7, 11) is 1.25. The highest BCUT2D eigenvalue weighted by atomic mass is 16.5. The van der Waals surface area contributed by atoms with Gasteiger partial charge in [-0.05, 0) is 28.7 Å². The predicted molar refractivity (Wildman–Crippen MR) is 114 cm³/mol. The van der Waals surface area contributed by atoms with Gasteiger partial charge in [0.25, 0.3) is 0 Å². The molecular formula is C23H26N2O6. The Morgan fingerprint density at radius 1 is 1.03 bits per heavy atom. The van der Waals surface area contributed by atoms with Crippen molar-refractivity contribution in [2.75, 3.05) is 20.3 Å². The molecule has 164 valence electrons. The number of nitrogens with one attached hydrogen (secondary N) is 2. The largest absolute Gasteiger partial charge is 0.479 e. The van der Waals surface area contributed by atoms with E-state index in [2.05, 4.69) is 22.8 Å². The summed E-state index contributed by atoms with van der Waals surface area (Å²) in [5.41, 5.74) is 4.45. The third kappa shape index (κ3) is 5.03. The molecule has 1 aliphatic rings. The number of hydrogen-bond donors (Lipinski definition) is 3. The molecule has 0 aromatic heterocycles. The van der Waals surface area contributed by atoms with Gasteiger partial charge in [-0.1, -0.05) is 55.5 Å². The third-order valence-electron chi connectivity index (χ3n) is 5.38. The number of carbonyl (C=O) groups excluding carboxylic acids is 2. The first-order chi connectivity index (χ1) is 15.0. The Bertz CT molecular complexity index is 915. The minimum atomic E-state index is -1.18. The number of carboxylic acids is 1. The van der Waals surface area contributed by atoms with Gasteiger partial charge in [-0.2, -0.15) is 0 Å². The van der Waals surface area contributed by atoms with E-state index in [0.29, 0.717) is 6.42 Å². The molecule has 0 aliphatic heterocycles. The minimum Gasteiger partial charge on any atom is -0.479 e. The van der Waals surface area contributed by atoms with Crippen LogP contribution < -0.4 is 10.6 Å². The lowest BCUT2D eigenvalue weighted by molar-refractivity contribution is -0.148. The van der Waals surface area contributed by atoms with E-state index in [9.17, 15) is 14.4 Å². The van der Waals surface area contributed by atoms with Crippen molar-refractivity contribution in [3.63, 3.8) is 0 Å². The molecule has 0 heterocycles. The Hall–Kier alpha value is -3.39. The molecule has 0 fully saturated rings. The SMILES string of the molecule is CC[C@@H](NC(=O)OCC1c2ccccc2-c2ccccc21)C(=O)NCC(OC)C(=O)O. The fourth-order valence-electron chi connectivity index (χ4n) is 3.72. The van der Waals surface area contributed by atoms with E-state index >= 15 is 0 Å². The molecule has 2 aromatic carbocycles. The summed E-state index contributed by atoms with van der Waals surface area (Å²) >= 11 is 0. The minimum absolute atomic E-state index is 0.0786. The third-order valence-corrected chi connectivity index (χ3v) is 5.38. The molecule has 3 rings (SSSR count). The maximum Gasteiger partial charge on any atom is 0.407 e. The van der Waals surface area contributed by atoms with Crippen molar-refractivity contribution in [2.45, 2.75) is 31.4 Å². The topological polar surface area (TPSA) is 114 Å². The quantitative estimate of drug-likeness (QED) is 0.568. The van der Waals surface area contributed by atoms with Crippen LogP contribution in [0.3, 0.4) is 0 Å². The highest BCUT2D eigenvalue weighted by Crippen LogP contribution is 2.44. The highest BCUT2D eigenvalue weighted by Gasteiger charge is 2.29. The molecule has 1 unspecified atom stereocenters. The number of hydrogen-bond acceptors (Lipinski definition) is 5. The van der Waals surface area contributed by atoms with Crippen LogP contribution in [0.2, 0.25) is 0 Å². The zero-order chi connectivity index (χ0) is 22.4. The molecule has 0 bridgehead atoms. The fraction of sp³-hybridized carbons (Fsp3) is 0.348. The van der Waals surface area contributed by atoms with Crippen LogP contribution >= 0.6 is 0 Å². The zero-order valence-corrected chi connectivity index (χ0v) is 17.5. The number of amides is 2. The molecule has 2 amide bonds. The van der Waals surface area contributed by atoms with Gasteiger partial charge in [0.2, 0.25) is 5.91 Å².